The Balaban J connectivity index is 0.000000185. The number of carbonyl (C=O) groups is 3. The van der Waals surface area contributed by atoms with Crippen LogP contribution >= 0.6 is 15.9 Å². The van der Waals surface area contributed by atoms with E-state index in [0.29, 0.717) is 108 Å². The molecule has 0 aliphatic carbocycles. The van der Waals surface area contributed by atoms with Crippen LogP contribution in [0.2, 0.25) is 0 Å². The lowest BCUT2D eigenvalue weighted by Crippen LogP contribution is -2.31. The van der Waals surface area contributed by atoms with Crippen molar-refractivity contribution in [2.24, 2.45) is 0 Å². The highest BCUT2D eigenvalue weighted by atomic mass is 79.9. The van der Waals surface area contributed by atoms with E-state index in [1.54, 1.807) is 108 Å². The minimum absolute atomic E-state index is 0.189. The van der Waals surface area contributed by atoms with E-state index in [1.165, 1.54) is 18.6 Å². The molecule has 2 unspecified atom stereocenters. The summed E-state index contributed by atoms with van der Waals surface area (Å²) in [7, 11) is 16.5. The van der Waals surface area contributed by atoms with E-state index in [2.05, 4.69) is 148 Å². The van der Waals surface area contributed by atoms with E-state index in [1.807, 2.05) is 42.5 Å². The van der Waals surface area contributed by atoms with Crippen molar-refractivity contribution in [2.75, 3.05) is 126 Å². The van der Waals surface area contributed by atoms with Crippen LogP contribution in [0, 0.1) is 19.7 Å². The minimum Gasteiger partial charge on any atom is -0.494 e. The summed E-state index contributed by atoms with van der Waals surface area (Å²) in [5.74, 6) is 1.88. The molecule has 0 spiro atoms. The number of carbonyl (C=O) groups excluding carboxylic acids is 3. The number of amides is 3. The van der Waals surface area contributed by atoms with E-state index in [-0.39, 0.29) is 17.7 Å². The largest absolute Gasteiger partial charge is 0.494 e. The first-order chi connectivity index (χ1) is 44.5. The van der Waals surface area contributed by atoms with Gasteiger partial charge in [0.05, 0.1) is 79.1 Å². The van der Waals surface area contributed by atoms with Crippen LogP contribution in [-0.4, -0.2) is 144 Å². The van der Waals surface area contributed by atoms with Gasteiger partial charge in [-0.15, -0.1) is 0 Å². The third kappa shape index (κ3) is 16.8. The summed E-state index contributed by atoms with van der Waals surface area (Å²) in [4.78, 5) is 69.0. The van der Waals surface area contributed by atoms with E-state index in [0.717, 1.165) is 61.8 Å². The summed E-state index contributed by atoms with van der Waals surface area (Å²) in [6.45, 7) is 26.2. The predicted molar refractivity (Wildman–Crippen MR) is 370 cm³/mol. The fraction of sp³-hybridized carbons (Fsp3) is 0.250. The number of hydrogen-bond donors (Lipinski definition) is 8. The fourth-order valence-corrected chi connectivity index (χ4v) is 10.6. The zero-order valence-corrected chi connectivity index (χ0v) is 54.2. The number of benzene rings is 5. The Labute approximate surface area is 545 Å². The predicted octanol–water partition coefficient (Wildman–Crippen LogP) is 12.8. The number of nitrogens with zero attached hydrogens (tertiary/aromatic N) is 10. The molecule has 2 saturated heterocycles. The Hall–Kier alpha value is -11.0. The number of ether oxygens (including phenoxy) is 2. The smallest absolute Gasteiger partial charge is 0.253 e. The van der Waals surface area contributed by atoms with Crippen molar-refractivity contribution in [1.82, 2.24) is 40.7 Å². The molecule has 0 radical (unpaired) electrons. The minimum atomic E-state index is -0.213. The molecule has 8 aromatic rings. The van der Waals surface area contributed by atoms with Gasteiger partial charge < -0.3 is 71.6 Å². The van der Waals surface area contributed by atoms with Crippen LogP contribution in [0.1, 0.15) is 43.9 Å². The number of pyridine rings is 3. The van der Waals surface area contributed by atoms with Crippen molar-refractivity contribution < 1.29 is 23.9 Å². The van der Waals surface area contributed by atoms with Crippen molar-refractivity contribution in [2.45, 2.75) is 24.9 Å². The number of halogens is 1. The second-order valence-corrected chi connectivity index (χ2v) is 22.3. The van der Waals surface area contributed by atoms with Gasteiger partial charge in [0.2, 0.25) is 17.1 Å². The number of likely N-dealkylation sites (N-methyl/N-ethyl adjacent to an activating group) is 2. The first-order valence-electron chi connectivity index (χ1n) is 29.3. The molecule has 0 saturated carbocycles. The first-order valence-corrected chi connectivity index (χ1v) is 30.1. The molecule has 23 nitrogen and oxygen atoms in total. The average molecular weight is 1300 g/mol. The van der Waals surface area contributed by atoms with Crippen molar-refractivity contribution in [3.05, 3.63) is 202 Å². The summed E-state index contributed by atoms with van der Waals surface area (Å²) in [6, 6.07) is 39.9. The van der Waals surface area contributed by atoms with Gasteiger partial charge in [-0.3, -0.25) is 29.3 Å². The molecule has 92 heavy (non-hydrogen) atoms. The Bertz CT molecular complexity index is 3870. The number of aromatic nitrogens is 3. The van der Waals surface area contributed by atoms with Crippen molar-refractivity contribution >= 4 is 119 Å². The van der Waals surface area contributed by atoms with Gasteiger partial charge in [-0.25, -0.2) is 14.5 Å². The molecule has 0 bridgehead atoms. The number of anilines is 12. The van der Waals surface area contributed by atoms with Crippen LogP contribution in [-0.2, 0) is 0 Å². The van der Waals surface area contributed by atoms with Crippen LogP contribution in [0.4, 0.5) is 85.6 Å². The third-order valence-electron chi connectivity index (χ3n) is 15.4. The molecule has 10 rings (SSSR count). The van der Waals surface area contributed by atoms with E-state index < -0.39 is 0 Å². The van der Waals surface area contributed by atoms with E-state index >= 15 is 0 Å². The van der Waals surface area contributed by atoms with Crippen molar-refractivity contribution in [3.63, 3.8) is 0 Å². The van der Waals surface area contributed by atoms with Crippen LogP contribution in [0.25, 0.3) is 14.5 Å². The van der Waals surface area contributed by atoms with Crippen LogP contribution in [0.5, 0.6) is 11.5 Å². The van der Waals surface area contributed by atoms with Crippen molar-refractivity contribution in [3.8, 4) is 11.5 Å². The summed E-state index contributed by atoms with van der Waals surface area (Å²) in [5, 5.41) is 24.0. The lowest BCUT2D eigenvalue weighted by Gasteiger charge is -2.23. The van der Waals surface area contributed by atoms with Gasteiger partial charge in [-0.05, 0) is 136 Å². The lowest BCUT2D eigenvalue weighted by molar-refractivity contribution is 0.0956. The molecular weight excluding hydrogens is 1230 g/mol. The average Bonchev–Trinajstić information content (AvgIpc) is 1.29. The standard InChI is InChI=1S/2C27H31N7O2.C14H11BrN4O/c2*1-28-24-16-30-26(15-23(24)31-21-9-7-6-8-20(21)27(35)29-2)32-22-11-10-18(14-25(22)36-5)34-13-12-19(17-34)33(3)4;1-16-12-8-18-13(15)7-11(12)19-10-6-4-3-5-9(10)14(20)17-2/h2*6-11,14-16,19H,12-13,17H2,2-5H3,(H,29,35)(H2,30,31,32);3-8H,2H3,(H,17,20)(H,18,19). The summed E-state index contributed by atoms with van der Waals surface area (Å²) in [5.41, 5.74) is 9.85. The summed E-state index contributed by atoms with van der Waals surface area (Å²) < 4.78 is 12.0. The molecular formula is C68H73BrN18O5. The SMILES string of the molecule is [C-]#[N+]c1cnc(Br)cc1Nc1ccccc1C(=O)NC.[C-]#[N+]c1cnc(Nc2ccc(N3CCC(N(C)C)C3)cc2OC)cc1Nc1ccccc1C(=O)NC.[C-]#[N+]c1cnc(Nc2ccc(N3CCC(N(C)C)C3)cc2OC)cc1Nc1ccccc1C(=O)NC. The van der Waals surface area contributed by atoms with Gasteiger partial charge in [0, 0.05) is 119 Å². The van der Waals surface area contributed by atoms with Gasteiger partial charge in [-0.1, -0.05) is 36.4 Å². The number of nitrogens with one attached hydrogen (secondary N) is 8. The molecule has 472 valence electrons. The van der Waals surface area contributed by atoms with E-state index in [9.17, 15) is 14.4 Å². The fourth-order valence-electron chi connectivity index (χ4n) is 10.3. The van der Waals surface area contributed by atoms with Crippen LogP contribution < -0.4 is 61.8 Å². The Kier molecular flexibility index (Phi) is 23.3. The molecule has 24 heteroatoms. The van der Waals surface area contributed by atoms with Gasteiger partial charge in [0.25, 0.3) is 17.7 Å². The second-order valence-electron chi connectivity index (χ2n) is 21.5. The molecule has 8 N–H and O–H groups in total. The number of methoxy groups -OCH3 is 2. The number of rotatable bonds is 19. The highest BCUT2D eigenvalue weighted by molar-refractivity contribution is 9.10. The zero-order chi connectivity index (χ0) is 65.8. The maximum Gasteiger partial charge on any atom is 0.253 e. The maximum absolute atomic E-state index is 12.3. The van der Waals surface area contributed by atoms with Crippen LogP contribution in [0.15, 0.2) is 151 Å². The number of hydrogen-bond acceptors (Lipinski definition) is 17. The highest BCUT2D eigenvalue weighted by Crippen LogP contribution is 2.39. The quantitative estimate of drug-likeness (QED) is 0.0278. The van der Waals surface area contributed by atoms with Gasteiger partial charge in [0.1, 0.15) is 27.7 Å². The topological polar surface area (TPSA) is 231 Å². The Morgan fingerprint density at radius 2 is 0.826 bits per heavy atom. The second kappa shape index (κ2) is 32.0. The van der Waals surface area contributed by atoms with Gasteiger partial charge >= 0.3 is 0 Å². The third-order valence-corrected chi connectivity index (χ3v) is 15.8. The molecule has 5 heterocycles. The summed E-state index contributed by atoms with van der Waals surface area (Å²) >= 11 is 3.27. The Morgan fingerprint density at radius 3 is 1.15 bits per heavy atom. The summed E-state index contributed by atoms with van der Waals surface area (Å²) in [6.07, 6.45) is 6.75. The highest BCUT2D eigenvalue weighted by Gasteiger charge is 2.27. The zero-order valence-electron chi connectivity index (χ0n) is 52.6. The van der Waals surface area contributed by atoms with E-state index in [4.69, 9.17) is 29.2 Å². The molecule has 2 aliphatic rings. The normalized spacial score (nSPS) is 13.8. The molecule has 2 atom stereocenters. The van der Waals surface area contributed by atoms with Gasteiger partial charge in [-0.2, -0.15) is 0 Å². The number of para-hydroxylation sites is 3. The molecule has 2 fully saturated rings. The molecule has 2 aliphatic heterocycles. The maximum atomic E-state index is 12.3. The molecule has 3 aromatic heterocycles. The monoisotopic (exact) mass is 1300 g/mol. The van der Waals surface area contributed by atoms with Crippen molar-refractivity contribution in [1.29, 1.82) is 0 Å². The van der Waals surface area contributed by atoms with Gasteiger partial charge in [0.15, 0.2) is 0 Å². The Morgan fingerprint density at radius 1 is 0.478 bits per heavy atom. The van der Waals surface area contributed by atoms with Crippen LogP contribution in [0.3, 0.4) is 0 Å². The molecule has 5 aromatic carbocycles. The first kappa shape index (κ1) is 67.0. The lowest BCUT2D eigenvalue weighted by atomic mass is 10.1. The molecule has 3 amide bonds.